The first-order chi connectivity index (χ1) is 7.83. The number of rotatable bonds is 3. The summed E-state index contributed by atoms with van der Waals surface area (Å²) < 4.78 is 0. The van der Waals surface area contributed by atoms with Gasteiger partial charge in [-0.2, -0.15) is 4.98 Å². The van der Waals surface area contributed by atoms with E-state index < -0.39 is 0 Å². The molecule has 0 bridgehead atoms. The zero-order chi connectivity index (χ0) is 11.0. The summed E-state index contributed by atoms with van der Waals surface area (Å²) in [5, 5.41) is 6.69. The van der Waals surface area contributed by atoms with Crippen LogP contribution in [0.2, 0.25) is 0 Å². The maximum atomic E-state index is 5.69. The van der Waals surface area contributed by atoms with Crippen molar-refractivity contribution in [3.63, 3.8) is 0 Å². The molecule has 2 heterocycles. The Kier molecular flexibility index (Phi) is 2.40. The molecule has 1 aromatic heterocycles. The van der Waals surface area contributed by atoms with Gasteiger partial charge in [-0.3, -0.25) is 0 Å². The topological polar surface area (TPSA) is 75.9 Å². The fraction of sp³-hybridized carbons (Fsp3) is 0.636. The molecule has 86 valence electrons. The second-order valence-electron chi connectivity index (χ2n) is 4.64. The summed E-state index contributed by atoms with van der Waals surface area (Å²) in [5.74, 6) is 2.12. The number of hydrogen-bond acceptors (Lipinski definition) is 5. The lowest BCUT2D eigenvalue weighted by atomic mass is 9.85. The summed E-state index contributed by atoms with van der Waals surface area (Å²) in [6.07, 6.45) is 4.06. The predicted octanol–water partition coefficient (Wildman–Crippen LogP) is 0.874. The first-order valence-corrected chi connectivity index (χ1v) is 5.93. The highest BCUT2D eigenvalue weighted by Gasteiger charge is 2.21. The quantitative estimate of drug-likeness (QED) is 0.703. The first-order valence-electron chi connectivity index (χ1n) is 5.93. The molecule has 5 heteroatoms. The maximum absolute atomic E-state index is 5.69. The van der Waals surface area contributed by atoms with Crippen LogP contribution in [0.4, 0.5) is 11.8 Å². The highest BCUT2D eigenvalue weighted by molar-refractivity contribution is 5.51. The summed E-state index contributed by atoms with van der Waals surface area (Å²) >= 11 is 0. The second-order valence-corrected chi connectivity index (χ2v) is 4.64. The van der Waals surface area contributed by atoms with Crippen LogP contribution >= 0.6 is 0 Å². The highest BCUT2D eigenvalue weighted by Crippen LogP contribution is 2.28. The second kappa shape index (κ2) is 3.90. The van der Waals surface area contributed by atoms with Crippen molar-refractivity contribution in [3.8, 4) is 0 Å². The van der Waals surface area contributed by atoms with E-state index in [1.54, 1.807) is 0 Å². The lowest BCUT2D eigenvalue weighted by molar-refractivity contribution is 0.333. The van der Waals surface area contributed by atoms with Crippen molar-refractivity contribution in [1.29, 1.82) is 0 Å². The van der Waals surface area contributed by atoms with Crippen LogP contribution in [0.5, 0.6) is 0 Å². The van der Waals surface area contributed by atoms with Gasteiger partial charge < -0.3 is 16.4 Å². The third-order valence-electron chi connectivity index (χ3n) is 3.49. The minimum Gasteiger partial charge on any atom is -0.369 e. The van der Waals surface area contributed by atoms with Gasteiger partial charge in [0, 0.05) is 25.2 Å². The first kappa shape index (κ1) is 9.84. The molecule has 0 spiro atoms. The van der Waals surface area contributed by atoms with E-state index in [1.165, 1.54) is 24.8 Å². The zero-order valence-corrected chi connectivity index (χ0v) is 9.29. The van der Waals surface area contributed by atoms with Crippen LogP contribution in [0.3, 0.4) is 0 Å². The molecule has 0 saturated heterocycles. The molecule has 0 radical (unpaired) electrons. The minimum atomic E-state index is 0.374. The van der Waals surface area contributed by atoms with Crippen LogP contribution in [0.15, 0.2) is 0 Å². The number of nitrogens with two attached hydrogens (primary N) is 1. The molecule has 1 aromatic rings. The Morgan fingerprint density at radius 3 is 2.94 bits per heavy atom. The van der Waals surface area contributed by atoms with E-state index in [9.17, 15) is 0 Å². The lowest BCUT2D eigenvalue weighted by Crippen LogP contribution is -2.22. The third-order valence-corrected chi connectivity index (χ3v) is 3.49. The molecule has 1 aliphatic heterocycles. The van der Waals surface area contributed by atoms with Gasteiger partial charge in [0.15, 0.2) is 0 Å². The fourth-order valence-corrected chi connectivity index (χ4v) is 2.27. The maximum Gasteiger partial charge on any atom is 0.222 e. The van der Waals surface area contributed by atoms with Crippen molar-refractivity contribution in [3.05, 3.63) is 11.3 Å². The Morgan fingerprint density at radius 2 is 2.19 bits per heavy atom. The molecule has 1 aliphatic carbocycles. The minimum absolute atomic E-state index is 0.374. The van der Waals surface area contributed by atoms with Gasteiger partial charge in [0.1, 0.15) is 5.82 Å². The van der Waals surface area contributed by atoms with E-state index in [1.807, 2.05) is 0 Å². The van der Waals surface area contributed by atoms with E-state index in [0.29, 0.717) is 5.95 Å². The van der Waals surface area contributed by atoms with E-state index in [0.717, 1.165) is 37.1 Å². The highest BCUT2D eigenvalue weighted by atomic mass is 15.1. The Bertz CT molecular complexity index is 400. The van der Waals surface area contributed by atoms with E-state index in [-0.39, 0.29) is 0 Å². The zero-order valence-electron chi connectivity index (χ0n) is 9.29. The molecule has 1 saturated carbocycles. The van der Waals surface area contributed by atoms with Gasteiger partial charge in [0.05, 0.1) is 5.69 Å². The van der Waals surface area contributed by atoms with Crippen LogP contribution in [0.25, 0.3) is 0 Å². The van der Waals surface area contributed by atoms with Crippen molar-refractivity contribution in [2.24, 2.45) is 5.92 Å². The molecule has 0 unspecified atom stereocenters. The molecule has 2 aliphatic rings. The lowest BCUT2D eigenvalue weighted by Gasteiger charge is -2.26. The molecule has 5 nitrogen and oxygen atoms in total. The van der Waals surface area contributed by atoms with Crippen LogP contribution in [0, 0.1) is 5.92 Å². The van der Waals surface area contributed by atoms with Crippen molar-refractivity contribution in [2.45, 2.75) is 32.4 Å². The third kappa shape index (κ3) is 1.71. The van der Waals surface area contributed by atoms with E-state index in [4.69, 9.17) is 5.73 Å². The molecule has 16 heavy (non-hydrogen) atoms. The summed E-state index contributed by atoms with van der Waals surface area (Å²) in [5.41, 5.74) is 7.93. The normalized spacial score (nSPS) is 19.2. The van der Waals surface area contributed by atoms with Gasteiger partial charge in [-0.05, 0) is 18.8 Å². The summed E-state index contributed by atoms with van der Waals surface area (Å²) in [6, 6.07) is 0. The number of hydrogen-bond donors (Lipinski definition) is 3. The van der Waals surface area contributed by atoms with Crippen molar-refractivity contribution < 1.29 is 0 Å². The van der Waals surface area contributed by atoms with Crippen molar-refractivity contribution >= 4 is 11.8 Å². The number of anilines is 2. The largest absolute Gasteiger partial charge is 0.369 e. The van der Waals surface area contributed by atoms with Gasteiger partial charge in [-0.15, -0.1) is 0 Å². The number of nitrogen functional groups attached to an aromatic ring is 1. The molecule has 0 atom stereocenters. The SMILES string of the molecule is Nc1nc2c(c(NCC3CCC3)n1)CNC2. The molecular weight excluding hydrogens is 202 g/mol. The number of nitrogens with one attached hydrogen (secondary N) is 2. The molecule has 0 amide bonds. The molecule has 1 fully saturated rings. The number of aromatic nitrogens is 2. The average molecular weight is 219 g/mol. The predicted molar refractivity (Wildman–Crippen MR) is 62.8 cm³/mol. The van der Waals surface area contributed by atoms with Gasteiger partial charge in [0.2, 0.25) is 5.95 Å². The smallest absolute Gasteiger partial charge is 0.222 e. The molecule has 3 rings (SSSR count). The van der Waals surface area contributed by atoms with E-state index in [2.05, 4.69) is 20.6 Å². The van der Waals surface area contributed by atoms with Crippen molar-refractivity contribution in [2.75, 3.05) is 17.6 Å². The van der Waals surface area contributed by atoms with Crippen LogP contribution in [-0.4, -0.2) is 16.5 Å². The van der Waals surface area contributed by atoms with Gasteiger partial charge in [-0.25, -0.2) is 4.98 Å². The summed E-state index contributed by atoms with van der Waals surface area (Å²) in [7, 11) is 0. The average Bonchev–Trinajstić information content (AvgIpc) is 2.62. The van der Waals surface area contributed by atoms with Crippen LogP contribution < -0.4 is 16.4 Å². The van der Waals surface area contributed by atoms with Crippen LogP contribution in [-0.2, 0) is 13.1 Å². The summed E-state index contributed by atoms with van der Waals surface area (Å²) in [6.45, 7) is 2.67. The van der Waals surface area contributed by atoms with Crippen LogP contribution in [0.1, 0.15) is 30.5 Å². The Balaban J connectivity index is 1.77. The number of nitrogens with zero attached hydrogens (tertiary/aromatic N) is 2. The molecule has 4 N–H and O–H groups in total. The monoisotopic (exact) mass is 219 g/mol. The van der Waals surface area contributed by atoms with E-state index >= 15 is 0 Å². The Labute approximate surface area is 94.9 Å². The standard InChI is InChI=1S/C11H17N5/c12-11-15-9-6-13-5-8(9)10(16-11)14-4-7-2-1-3-7/h7,13H,1-6H2,(H3,12,14,15,16). The number of fused-ring (bicyclic) bond motifs is 1. The Morgan fingerprint density at radius 1 is 1.31 bits per heavy atom. The molecule has 0 aromatic carbocycles. The van der Waals surface area contributed by atoms with Gasteiger partial charge >= 0.3 is 0 Å². The summed E-state index contributed by atoms with van der Waals surface area (Å²) in [4.78, 5) is 8.53. The fourth-order valence-electron chi connectivity index (χ4n) is 2.27. The Hall–Kier alpha value is -1.36. The van der Waals surface area contributed by atoms with Gasteiger partial charge in [0.25, 0.3) is 0 Å². The van der Waals surface area contributed by atoms with Crippen molar-refractivity contribution in [1.82, 2.24) is 15.3 Å². The molecular formula is C11H17N5. The van der Waals surface area contributed by atoms with Gasteiger partial charge in [-0.1, -0.05) is 6.42 Å².